The molecule has 0 fully saturated rings. The highest BCUT2D eigenvalue weighted by molar-refractivity contribution is 6.33. The SMILES string of the molecule is Fc1cccc(OCc2nnc3c(Cl)cccn23)c1. The molecule has 3 aromatic rings. The normalized spacial score (nSPS) is 10.8. The lowest BCUT2D eigenvalue weighted by Crippen LogP contribution is -2.01. The number of nitrogens with zero attached hydrogens (tertiary/aromatic N) is 3. The molecule has 0 N–H and O–H groups in total. The second-order valence-corrected chi connectivity index (χ2v) is 4.32. The van der Waals surface area contributed by atoms with E-state index in [2.05, 4.69) is 10.2 Å². The van der Waals surface area contributed by atoms with E-state index in [-0.39, 0.29) is 12.4 Å². The average Bonchev–Trinajstić information content (AvgIpc) is 2.81. The van der Waals surface area contributed by atoms with Gasteiger partial charge in [0.05, 0.1) is 5.02 Å². The van der Waals surface area contributed by atoms with Crippen LogP contribution in [0.25, 0.3) is 5.65 Å². The lowest BCUT2D eigenvalue weighted by atomic mass is 10.3. The van der Waals surface area contributed by atoms with Gasteiger partial charge in [0.25, 0.3) is 0 Å². The van der Waals surface area contributed by atoms with E-state index in [4.69, 9.17) is 16.3 Å². The zero-order valence-corrected chi connectivity index (χ0v) is 10.5. The maximum Gasteiger partial charge on any atom is 0.179 e. The fourth-order valence-electron chi connectivity index (χ4n) is 1.73. The third kappa shape index (κ3) is 2.37. The van der Waals surface area contributed by atoms with E-state index in [0.717, 1.165) is 0 Å². The number of pyridine rings is 1. The van der Waals surface area contributed by atoms with Crippen LogP contribution in [0.2, 0.25) is 5.02 Å². The van der Waals surface area contributed by atoms with E-state index in [1.165, 1.54) is 12.1 Å². The minimum atomic E-state index is -0.341. The molecule has 6 heteroatoms. The average molecular weight is 278 g/mol. The first-order chi connectivity index (χ1) is 9.24. The van der Waals surface area contributed by atoms with Crippen LogP contribution in [0.1, 0.15) is 5.82 Å². The van der Waals surface area contributed by atoms with E-state index in [1.54, 1.807) is 34.9 Å². The summed E-state index contributed by atoms with van der Waals surface area (Å²) in [6.07, 6.45) is 1.80. The van der Waals surface area contributed by atoms with Crippen molar-refractivity contribution in [1.82, 2.24) is 14.6 Å². The topological polar surface area (TPSA) is 39.4 Å². The number of benzene rings is 1. The fraction of sp³-hybridized carbons (Fsp3) is 0.0769. The Morgan fingerprint density at radius 1 is 1.21 bits per heavy atom. The van der Waals surface area contributed by atoms with Crippen molar-refractivity contribution in [3.8, 4) is 5.75 Å². The molecule has 0 saturated heterocycles. The summed E-state index contributed by atoms with van der Waals surface area (Å²) in [5, 5.41) is 8.50. The molecule has 0 bridgehead atoms. The zero-order chi connectivity index (χ0) is 13.2. The third-order valence-electron chi connectivity index (χ3n) is 2.62. The largest absolute Gasteiger partial charge is 0.485 e. The van der Waals surface area contributed by atoms with Gasteiger partial charge < -0.3 is 4.74 Å². The van der Waals surface area contributed by atoms with Gasteiger partial charge in [-0.25, -0.2) is 4.39 Å². The van der Waals surface area contributed by atoms with Gasteiger partial charge >= 0.3 is 0 Å². The summed E-state index contributed by atoms with van der Waals surface area (Å²) in [5.41, 5.74) is 0.571. The number of ether oxygens (including phenoxy) is 1. The maximum atomic E-state index is 13.0. The van der Waals surface area contributed by atoms with Crippen molar-refractivity contribution in [2.45, 2.75) is 6.61 Å². The summed E-state index contributed by atoms with van der Waals surface area (Å²) >= 11 is 5.99. The Morgan fingerprint density at radius 3 is 2.95 bits per heavy atom. The summed E-state index contributed by atoms with van der Waals surface area (Å²) in [7, 11) is 0. The number of fused-ring (bicyclic) bond motifs is 1. The monoisotopic (exact) mass is 277 g/mol. The van der Waals surface area contributed by atoms with Crippen LogP contribution in [0.3, 0.4) is 0 Å². The lowest BCUT2D eigenvalue weighted by molar-refractivity contribution is 0.293. The second-order valence-electron chi connectivity index (χ2n) is 3.91. The smallest absolute Gasteiger partial charge is 0.179 e. The van der Waals surface area contributed by atoms with Gasteiger partial charge in [0.1, 0.15) is 18.2 Å². The van der Waals surface area contributed by atoms with Gasteiger partial charge in [0, 0.05) is 12.3 Å². The molecule has 2 heterocycles. The van der Waals surface area contributed by atoms with Crippen LogP contribution in [0.15, 0.2) is 42.6 Å². The predicted molar refractivity (Wildman–Crippen MR) is 68.7 cm³/mol. The Bertz CT molecular complexity index is 729. The number of halogens is 2. The van der Waals surface area contributed by atoms with Crippen molar-refractivity contribution in [2.24, 2.45) is 0 Å². The van der Waals surface area contributed by atoms with Crippen molar-refractivity contribution >= 4 is 17.2 Å². The van der Waals surface area contributed by atoms with E-state index in [1.807, 2.05) is 0 Å². The molecule has 1 aromatic carbocycles. The molecule has 0 unspecified atom stereocenters. The molecule has 19 heavy (non-hydrogen) atoms. The first-order valence-corrected chi connectivity index (χ1v) is 5.98. The van der Waals surface area contributed by atoms with Crippen molar-refractivity contribution in [3.63, 3.8) is 0 Å². The number of hydrogen-bond acceptors (Lipinski definition) is 3. The molecule has 0 aliphatic heterocycles. The summed E-state index contributed by atoms with van der Waals surface area (Å²) in [4.78, 5) is 0. The molecule has 0 amide bonds. The van der Waals surface area contributed by atoms with Gasteiger partial charge in [-0.2, -0.15) is 0 Å². The van der Waals surface area contributed by atoms with Gasteiger partial charge in [-0.05, 0) is 24.3 Å². The van der Waals surface area contributed by atoms with Crippen LogP contribution >= 0.6 is 11.6 Å². The number of rotatable bonds is 3. The van der Waals surface area contributed by atoms with Crippen molar-refractivity contribution < 1.29 is 9.13 Å². The van der Waals surface area contributed by atoms with E-state index < -0.39 is 0 Å². The number of aromatic nitrogens is 3. The number of hydrogen-bond donors (Lipinski definition) is 0. The predicted octanol–water partition coefficient (Wildman–Crippen LogP) is 3.10. The molecular weight excluding hydrogens is 269 g/mol. The quantitative estimate of drug-likeness (QED) is 0.738. The van der Waals surface area contributed by atoms with Gasteiger partial charge in [-0.1, -0.05) is 17.7 Å². The van der Waals surface area contributed by atoms with Crippen LogP contribution < -0.4 is 4.74 Å². The Hall–Kier alpha value is -2.14. The molecule has 0 aliphatic carbocycles. The Morgan fingerprint density at radius 2 is 2.11 bits per heavy atom. The Balaban J connectivity index is 1.84. The van der Waals surface area contributed by atoms with Crippen LogP contribution in [-0.4, -0.2) is 14.6 Å². The van der Waals surface area contributed by atoms with E-state index in [0.29, 0.717) is 22.2 Å². The van der Waals surface area contributed by atoms with Crippen LogP contribution in [0, 0.1) is 5.82 Å². The Labute approximate surface area is 113 Å². The molecule has 2 aromatic heterocycles. The Kier molecular flexibility index (Phi) is 3.05. The minimum Gasteiger partial charge on any atom is -0.485 e. The minimum absolute atomic E-state index is 0.185. The maximum absolute atomic E-state index is 13.0. The zero-order valence-electron chi connectivity index (χ0n) is 9.75. The lowest BCUT2D eigenvalue weighted by Gasteiger charge is -2.04. The molecule has 0 spiro atoms. The molecule has 0 saturated carbocycles. The summed E-state index contributed by atoms with van der Waals surface area (Å²) < 4.78 is 20.2. The van der Waals surface area contributed by atoms with Crippen molar-refractivity contribution in [2.75, 3.05) is 0 Å². The van der Waals surface area contributed by atoms with Gasteiger partial charge in [-0.15, -0.1) is 10.2 Å². The first kappa shape index (κ1) is 11.9. The molecule has 0 radical (unpaired) electrons. The van der Waals surface area contributed by atoms with Gasteiger partial charge in [0.15, 0.2) is 11.5 Å². The third-order valence-corrected chi connectivity index (χ3v) is 2.92. The van der Waals surface area contributed by atoms with Crippen LogP contribution in [0.4, 0.5) is 4.39 Å². The molecule has 4 nitrogen and oxygen atoms in total. The van der Waals surface area contributed by atoms with Gasteiger partial charge in [0.2, 0.25) is 0 Å². The van der Waals surface area contributed by atoms with Crippen LogP contribution in [0.5, 0.6) is 5.75 Å². The highest BCUT2D eigenvalue weighted by atomic mass is 35.5. The van der Waals surface area contributed by atoms with Crippen LogP contribution in [-0.2, 0) is 6.61 Å². The summed E-state index contributed by atoms with van der Waals surface area (Å²) in [5.74, 6) is 0.701. The molecule has 0 aliphatic rings. The molecule has 96 valence electrons. The molecule has 3 rings (SSSR count). The summed E-state index contributed by atoms with van der Waals surface area (Å²) in [6, 6.07) is 9.48. The van der Waals surface area contributed by atoms with Crippen molar-refractivity contribution in [1.29, 1.82) is 0 Å². The summed E-state index contributed by atoms with van der Waals surface area (Å²) in [6.45, 7) is 0.185. The highest BCUT2D eigenvalue weighted by Crippen LogP contribution is 2.17. The van der Waals surface area contributed by atoms with Crippen molar-refractivity contribution in [3.05, 3.63) is 59.3 Å². The van der Waals surface area contributed by atoms with E-state index >= 15 is 0 Å². The first-order valence-electron chi connectivity index (χ1n) is 5.60. The fourth-order valence-corrected chi connectivity index (χ4v) is 1.94. The second kappa shape index (κ2) is 4.85. The van der Waals surface area contributed by atoms with E-state index in [9.17, 15) is 4.39 Å². The standard InChI is InChI=1S/C13H9ClFN3O/c14-11-5-2-6-18-12(16-17-13(11)18)8-19-10-4-1-3-9(15)7-10/h1-7H,8H2. The highest BCUT2D eigenvalue weighted by Gasteiger charge is 2.08. The molecule has 0 atom stereocenters. The van der Waals surface area contributed by atoms with Gasteiger partial charge in [-0.3, -0.25) is 4.40 Å². The molecular formula is C13H9ClFN3O.